The van der Waals surface area contributed by atoms with E-state index in [4.69, 9.17) is 11.6 Å². The van der Waals surface area contributed by atoms with Crippen LogP contribution in [0.5, 0.6) is 0 Å². The molecule has 0 N–H and O–H groups in total. The van der Waals surface area contributed by atoms with Crippen molar-refractivity contribution in [2.45, 2.75) is 12.3 Å². The van der Waals surface area contributed by atoms with E-state index in [0.29, 0.717) is 11.4 Å². The van der Waals surface area contributed by atoms with Crippen LogP contribution in [0, 0.1) is 0 Å². The van der Waals surface area contributed by atoms with Gasteiger partial charge in [0.05, 0.1) is 24.1 Å². The number of para-hydroxylation sites is 1. The van der Waals surface area contributed by atoms with E-state index in [9.17, 15) is 22.4 Å². The molecule has 0 aliphatic carbocycles. The van der Waals surface area contributed by atoms with Gasteiger partial charge in [-0.25, -0.2) is 8.78 Å². The molecule has 3 rings (SSSR count). The fourth-order valence-corrected chi connectivity index (χ4v) is 3.16. The van der Waals surface area contributed by atoms with Crippen molar-refractivity contribution in [2.75, 3.05) is 37.6 Å². The zero-order chi connectivity index (χ0) is 19.6. The van der Waals surface area contributed by atoms with Gasteiger partial charge in [0.15, 0.2) is 0 Å². The minimum atomic E-state index is -4.04. The van der Waals surface area contributed by atoms with Crippen LogP contribution < -0.4 is 10.5 Å². The van der Waals surface area contributed by atoms with E-state index >= 15 is 0 Å². The molecule has 10 heteroatoms. The highest BCUT2D eigenvalue weighted by molar-refractivity contribution is 6.33. The lowest BCUT2D eigenvalue weighted by atomic mass is 10.2. The van der Waals surface area contributed by atoms with E-state index in [-0.39, 0.29) is 31.2 Å². The molecule has 1 aromatic heterocycles. The van der Waals surface area contributed by atoms with Gasteiger partial charge in [-0.15, -0.1) is 0 Å². The van der Waals surface area contributed by atoms with Crippen LogP contribution in [0.25, 0.3) is 5.69 Å². The predicted molar refractivity (Wildman–Crippen MR) is 94.4 cm³/mol. The van der Waals surface area contributed by atoms with Crippen molar-refractivity contribution in [3.63, 3.8) is 0 Å². The number of benzene rings is 1. The van der Waals surface area contributed by atoms with Crippen molar-refractivity contribution >= 4 is 17.3 Å². The first-order valence-electron chi connectivity index (χ1n) is 8.26. The van der Waals surface area contributed by atoms with Crippen LogP contribution in [0.3, 0.4) is 0 Å². The van der Waals surface area contributed by atoms with Gasteiger partial charge in [-0.1, -0.05) is 29.8 Å². The molecule has 2 aromatic rings. The zero-order valence-corrected chi connectivity index (χ0v) is 14.9. The second-order valence-electron chi connectivity index (χ2n) is 6.22. The third kappa shape index (κ3) is 4.24. The van der Waals surface area contributed by atoms with Gasteiger partial charge >= 0.3 is 12.3 Å². The molecule has 27 heavy (non-hydrogen) atoms. The second kappa shape index (κ2) is 7.85. The number of alkyl halides is 4. The fraction of sp³-hybridized carbons (Fsp3) is 0.412. The SMILES string of the molecule is O=c1c(Cl)c(N2CCN(CC(F)(F)C(F)F)CC2)cnn1-c1ccccc1. The normalized spacial score (nSPS) is 16.1. The van der Waals surface area contributed by atoms with Gasteiger partial charge < -0.3 is 4.90 Å². The van der Waals surface area contributed by atoms with Crippen LogP contribution in [-0.4, -0.2) is 59.8 Å². The molecule has 0 spiro atoms. The smallest absolute Gasteiger partial charge is 0.319 e. The molecule has 1 fully saturated rings. The number of rotatable bonds is 5. The molecule has 0 saturated carbocycles. The van der Waals surface area contributed by atoms with Crippen molar-refractivity contribution in [1.29, 1.82) is 0 Å². The molecule has 0 bridgehead atoms. The molecule has 0 amide bonds. The zero-order valence-electron chi connectivity index (χ0n) is 14.2. The summed E-state index contributed by atoms with van der Waals surface area (Å²) in [7, 11) is 0. The van der Waals surface area contributed by atoms with E-state index in [1.54, 1.807) is 29.2 Å². The number of piperazine rings is 1. The minimum absolute atomic E-state index is 0.0276. The molecule has 1 aromatic carbocycles. The average Bonchev–Trinajstić information content (AvgIpc) is 2.65. The van der Waals surface area contributed by atoms with Crippen molar-refractivity contribution in [1.82, 2.24) is 14.7 Å². The molecule has 5 nitrogen and oxygen atoms in total. The molecule has 146 valence electrons. The van der Waals surface area contributed by atoms with E-state index in [1.807, 2.05) is 6.07 Å². The van der Waals surface area contributed by atoms with E-state index < -0.39 is 24.5 Å². The molecular weight excluding hydrogens is 388 g/mol. The van der Waals surface area contributed by atoms with Gasteiger partial charge in [-0.05, 0) is 12.1 Å². The number of aromatic nitrogens is 2. The van der Waals surface area contributed by atoms with Gasteiger partial charge in [0.1, 0.15) is 5.02 Å². The van der Waals surface area contributed by atoms with Crippen LogP contribution in [0.4, 0.5) is 23.2 Å². The van der Waals surface area contributed by atoms with Crippen LogP contribution in [0.1, 0.15) is 0 Å². The van der Waals surface area contributed by atoms with Crippen molar-refractivity contribution < 1.29 is 17.6 Å². The van der Waals surface area contributed by atoms with Crippen LogP contribution in [-0.2, 0) is 0 Å². The van der Waals surface area contributed by atoms with Crippen LogP contribution in [0.2, 0.25) is 5.02 Å². The highest BCUT2D eigenvalue weighted by Gasteiger charge is 2.42. The summed E-state index contributed by atoms with van der Waals surface area (Å²) in [6.07, 6.45) is -2.25. The lowest BCUT2D eigenvalue weighted by Crippen LogP contribution is -2.51. The Morgan fingerprint density at radius 2 is 1.74 bits per heavy atom. The second-order valence-corrected chi connectivity index (χ2v) is 6.60. The highest BCUT2D eigenvalue weighted by Crippen LogP contribution is 2.26. The molecular formula is C17H17ClF4N4O. The summed E-state index contributed by atoms with van der Waals surface area (Å²) >= 11 is 6.22. The third-order valence-corrected chi connectivity index (χ3v) is 4.72. The van der Waals surface area contributed by atoms with E-state index in [1.165, 1.54) is 15.8 Å². The summed E-state index contributed by atoms with van der Waals surface area (Å²) in [5.74, 6) is -4.04. The summed E-state index contributed by atoms with van der Waals surface area (Å²) in [5.41, 5.74) is 0.469. The maximum Gasteiger partial charge on any atom is 0.319 e. The first-order chi connectivity index (χ1) is 12.8. The maximum absolute atomic E-state index is 13.2. The Labute approximate surface area is 157 Å². The molecule has 0 atom stereocenters. The molecule has 1 aliphatic heterocycles. The monoisotopic (exact) mass is 404 g/mol. The number of anilines is 1. The standard InChI is InChI=1S/C17H17ClF4N4O/c18-14-13(10-23-26(15(14)27)12-4-2-1-3-5-12)25-8-6-24(7-9-25)11-17(21,22)16(19)20/h1-5,10,16H,6-9,11H2. The summed E-state index contributed by atoms with van der Waals surface area (Å²) in [4.78, 5) is 15.5. The number of halogens is 5. The summed E-state index contributed by atoms with van der Waals surface area (Å²) < 4.78 is 52.2. The summed E-state index contributed by atoms with van der Waals surface area (Å²) in [6.45, 7) is -0.147. The highest BCUT2D eigenvalue weighted by atomic mass is 35.5. The lowest BCUT2D eigenvalue weighted by molar-refractivity contribution is -0.142. The minimum Gasteiger partial charge on any atom is -0.366 e. The third-order valence-electron chi connectivity index (χ3n) is 4.37. The first kappa shape index (κ1) is 19.6. The Bertz CT molecular complexity index is 839. The van der Waals surface area contributed by atoms with Crippen LogP contribution >= 0.6 is 11.6 Å². The van der Waals surface area contributed by atoms with Crippen LogP contribution in [0.15, 0.2) is 41.3 Å². The Morgan fingerprint density at radius 3 is 2.33 bits per heavy atom. The Kier molecular flexibility index (Phi) is 5.71. The van der Waals surface area contributed by atoms with E-state index in [0.717, 1.165) is 0 Å². The number of nitrogens with zero attached hydrogens (tertiary/aromatic N) is 4. The number of hydrogen-bond donors (Lipinski definition) is 0. The van der Waals surface area contributed by atoms with Gasteiger partial charge in [-0.2, -0.15) is 18.6 Å². The number of hydrogen-bond acceptors (Lipinski definition) is 4. The van der Waals surface area contributed by atoms with Crippen molar-refractivity contribution in [3.8, 4) is 5.69 Å². The first-order valence-corrected chi connectivity index (χ1v) is 8.64. The predicted octanol–water partition coefficient (Wildman–Crippen LogP) is 2.91. The van der Waals surface area contributed by atoms with Gasteiger partial charge in [0.25, 0.3) is 5.56 Å². The average molecular weight is 405 g/mol. The fourth-order valence-electron chi connectivity index (χ4n) is 2.91. The largest absolute Gasteiger partial charge is 0.366 e. The van der Waals surface area contributed by atoms with Gasteiger partial charge in [0, 0.05) is 26.2 Å². The lowest BCUT2D eigenvalue weighted by Gasteiger charge is -2.37. The molecule has 1 saturated heterocycles. The quantitative estimate of drug-likeness (QED) is 0.719. The topological polar surface area (TPSA) is 41.4 Å². The van der Waals surface area contributed by atoms with Gasteiger partial charge in [0.2, 0.25) is 0 Å². The Hall–Kier alpha value is -2.13. The molecule has 2 heterocycles. The maximum atomic E-state index is 13.2. The Balaban J connectivity index is 1.72. The molecule has 0 radical (unpaired) electrons. The van der Waals surface area contributed by atoms with Crippen molar-refractivity contribution in [2.24, 2.45) is 0 Å². The summed E-state index contributed by atoms with van der Waals surface area (Å²) in [5, 5.41) is 4.10. The summed E-state index contributed by atoms with van der Waals surface area (Å²) in [6, 6.07) is 8.76. The van der Waals surface area contributed by atoms with E-state index in [2.05, 4.69) is 5.10 Å². The molecule has 0 unspecified atom stereocenters. The Morgan fingerprint density at radius 1 is 1.11 bits per heavy atom. The van der Waals surface area contributed by atoms with Crippen molar-refractivity contribution in [3.05, 3.63) is 51.9 Å². The molecule has 1 aliphatic rings. The van der Waals surface area contributed by atoms with Gasteiger partial charge in [-0.3, -0.25) is 9.69 Å².